The van der Waals surface area contributed by atoms with Gasteiger partial charge in [0.05, 0.1) is 6.20 Å². The summed E-state index contributed by atoms with van der Waals surface area (Å²) in [5, 5.41) is 2.57. The topological polar surface area (TPSA) is 62.3 Å². The Labute approximate surface area is 216 Å². The van der Waals surface area contributed by atoms with Crippen LogP contribution in [0.2, 0.25) is 0 Å². The highest BCUT2D eigenvalue weighted by molar-refractivity contribution is 8.00. The van der Waals surface area contributed by atoms with Gasteiger partial charge in [-0.05, 0) is 61.9 Å². The molecular weight excluding hydrogens is 551 g/mol. The van der Waals surface area contributed by atoms with Gasteiger partial charge in [0.1, 0.15) is 5.82 Å². The zero-order valence-electron chi connectivity index (χ0n) is 19.2. The summed E-state index contributed by atoms with van der Waals surface area (Å²) >= 11 is 5.00. The monoisotopic (exact) mass is 571 g/mol. The van der Waals surface area contributed by atoms with E-state index in [1.807, 2.05) is 0 Å². The van der Waals surface area contributed by atoms with Crippen molar-refractivity contribution in [2.75, 3.05) is 4.90 Å². The first kappa shape index (κ1) is 29.0. The van der Waals surface area contributed by atoms with E-state index < -0.39 is 70.9 Å². The number of alkyl halides is 7. The van der Waals surface area contributed by atoms with Gasteiger partial charge in [0, 0.05) is 41.2 Å². The number of hydrogen-bond donors (Lipinski definition) is 1. The highest BCUT2D eigenvalue weighted by Crippen LogP contribution is 2.40. The molecular formula is C23H21ClF7N3O2S. The van der Waals surface area contributed by atoms with Crippen molar-refractivity contribution in [3.05, 3.63) is 54.1 Å². The molecule has 2 aromatic rings. The normalized spacial score (nSPS) is 18.5. The number of rotatable bonds is 7. The third kappa shape index (κ3) is 7.07. The maximum atomic E-state index is 14.2. The maximum absolute atomic E-state index is 14.2. The standard InChI is InChI=1S/C23H21ClF7N3O2S/c1-21(13-10-14(25)12-32-11-13,20(36)33-15-6-8-22(27,28)9-7-15)34(19(35)18(24)26)16-2-4-17(5-3-16)37-23(29,30)31/h2-5,10-12,15,18H,6-9H2,1H3,(H,33,36)/t18-,21+/m0/s1. The van der Waals surface area contributed by atoms with Gasteiger partial charge < -0.3 is 5.32 Å². The Hall–Kier alpha value is -2.54. The first-order valence-corrected chi connectivity index (χ1v) is 12.2. The largest absolute Gasteiger partial charge is 0.446 e. The van der Waals surface area contributed by atoms with Gasteiger partial charge in [-0.1, -0.05) is 11.6 Å². The summed E-state index contributed by atoms with van der Waals surface area (Å²) in [5.74, 6) is -6.24. The first-order valence-electron chi connectivity index (χ1n) is 10.9. The molecule has 5 nitrogen and oxygen atoms in total. The lowest BCUT2D eigenvalue weighted by molar-refractivity contribution is -0.132. The van der Waals surface area contributed by atoms with Crippen LogP contribution >= 0.6 is 23.4 Å². The van der Waals surface area contributed by atoms with Crippen LogP contribution in [-0.4, -0.2) is 39.9 Å². The highest BCUT2D eigenvalue weighted by atomic mass is 35.5. The van der Waals surface area contributed by atoms with Gasteiger partial charge in [0.2, 0.25) is 5.92 Å². The summed E-state index contributed by atoms with van der Waals surface area (Å²) in [5.41, 5.74) is -9.96. The van der Waals surface area contributed by atoms with Crippen molar-refractivity contribution in [1.82, 2.24) is 10.3 Å². The molecule has 37 heavy (non-hydrogen) atoms. The molecule has 1 aliphatic rings. The molecule has 1 aliphatic carbocycles. The average molecular weight is 572 g/mol. The van der Waals surface area contributed by atoms with E-state index in [1.54, 1.807) is 0 Å². The van der Waals surface area contributed by atoms with E-state index in [4.69, 9.17) is 11.6 Å². The summed E-state index contributed by atoms with van der Waals surface area (Å²) in [4.78, 5) is 30.6. The second-order valence-corrected chi connectivity index (χ2v) is 10.1. The number of nitrogens with zero attached hydrogens (tertiary/aromatic N) is 2. The number of benzene rings is 1. The van der Waals surface area contributed by atoms with Crippen molar-refractivity contribution in [1.29, 1.82) is 0 Å². The molecule has 1 fully saturated rings. The molecule has 0 aliphatic heterocycles. The Morgan fingerprint density at radius 1 is 1.16 bits per heavy atom. The number of hydrogen-bond acceptors (Lipinski definition) is 4. The van der Waals surface area contributed by atoms with Crippen LogP contribution in [0, 0.1) is 5.82 Å². The van der Waals surface area contributed by atoms with Gasteiger partial charge in [0.25, 0.3) is 17.4 Å². The van der Waals surface area contributed by atoms with Crippen LogP contribution in [0.4, 0.5) is 36.4 Å². The fraction of sp³-hybridized carbons (Fsp3) is 0.435. The Morgan fingerprint density at radius 2 is 1.76 bits per heavy atom. The molecule has 0 radical (unpaired) electrons. The maximum Gasteiger partial charge on any atom is 0.446 e. The Balaban J connectivity index is 2.08. The predicted octanol–water partition coefficient (Wildman–Crippen LogP) is 6.31. The van der Waals surface area contributed by atoms with Crippen LogP contribution in [0.5, 0.6) is 0 Å². The quantitative estimate of drug-likeness (QED) is 0.240. The van der Waals surface area contributed by atoms with E-state index in [0.717, 1.165) is 49.6 Å². The van der Waals surface area contributed by atoms with Crippen molar-refractivity contribution in [3.8, 4) is 0 Å². The number of amides is 2. The number of thioether (sulfide) groups is 1. The van der Waals surface area contributed by atoms with Gasteiger partial charge in [-0.25, -0.2) is 17.6 Å². The van der Waals surface area contributed by atoms with Crippen molar-refractivity contribution in [3.63, 3.8) is 0 Å². The number of nitrogens with one attached hydrogen (secondary N) is 1. The predicted molar refractivity (Wildman–Crippen MR) is 123 cm³/mol. The molecule has 0 saturated heterocycles. The third-order valence-corrected chi connectivity index (χ3v) is 6.87. The zero-order chi connectivity index (χ0) is 27.6. The molecule has 0 spiro atoms. The fourth-order valence-corrected chi connectivity index (χ4v) is 4.69. The van der Waals surface area contributed by atoms with Crippen LogP contribution < -0.4 is 10.2 Å². The number of carbonyl (C=O) groups is 2. The van der Waals surface area contributed by atoms with Gasteiger partial charge in [-0.3, -0.25) is 19.5 Å². The Bertz CT molecular complexity index is 1120. The summed E-state index contributed by atoms with van der Waals surface area (Å²) in [6.07, 6.45) is 0.702. The number of halogens is 8. The molecule has 0 unspecified atom stereocenters. The minimum atomic E-state index is -4.60. The number of pyridine rings is 1. The van der Waals surface area contributed by atoms with Crippen molar-refractivity contribution >= 4 is 40.9 Å². The smallest absolute Gasteiger partial charge is 0.351 e. The second-order valence-electron chi connectivity index (χ2n) is 8.58. The molecule has 2 atom stereocenters. The van der Waals surface area contributed by atoms with Gasteiger partial charge in [-0.15, -0.1) is 0 Å². The number of anilines is 1. The summed E-state index contributed by atoms with van der Waals surface area (Å²) in [7, 11) is 0. The molecule has 0 bridgehead atoms. The molecule has 1 saturated carbocycles. The second kappa shape index (κ2) is 11.1. The van der Waals surface area contributed by atoms with Gasteiger partial charge in [0.15, 0.2) is 5.54 Å². The van der Waals surface area contributed by atoms with E-state index in [2.05, 4.69) is 10.3 Å². The van der Waals surface area contributed by atoms with Crippen LogP contribution in [-0.2, 0) is 15.1 Å². The fourth-order valence-electron chi connectivity index (χ4n) is 4.05. The van der Waals surface area contributed by atoms with Crippen molar-refractivity contribution in [2.24, 2.45) is 0 Å². The zero-order valence-corrected chi connectivity index (χ0v) is 20.7. The van der Waals surface area contributed by atoms with Crippen molar-refractivity contribution < 1.29 is 40.3 Å². The van der Waals surface area contributed by atoms with Crippen LogP contribution in [0.15, 0.2) is 47.6 Å². The molecule has 1 N–H and O–H groups in total. The van der Waals surface area contributed by atoms with Crippen LogP contribution in [0.25, 0.3) is 0 Å². The molecule has 3 rings (SSSR count). The molecule has 1 heterocycles. The lowest BCUT2D eigenvalue weighted by atomic mass is 9.87. The molecule has 14 heteroatoms. The number of carbonyl (C=O) groups excluding carboxylic acids is 2. The van der Waals surface area contributed by atoms with Gasteiger partial charge in [-0.2, -0.15) is 13.2 Å². The molecule has 202 valence electrons. The average Bonchev–Trinajstić information content (AvgIpc) is 2.80. The minimum absolute atomic E-state index is 0.0885. The molecule has 2 amide bonds. The lowest BCUT2D eigenvalue weighted by Crippen LogP contribution is -2.60. The Kier molecular flexibility index (Phi) is 8.68. The van der Waals surface area contributed by atoms with E-state index in [9.17, 15) is 40.3 Å². The SMILES string of the molecule is C[C@](C(=O)NC1CCC(F)(F)CC1)(c1cncc(F)c1)N(C(=O)[C@H](F)Cl)c1ccc(SC(F)(F)F)cc1. The minimum Gasteiger partial charge on any atom is -0.351 e. The van der Waals surface area contributed by atoms with Gasteiger partial charge >= 0.3 is 5.51 Å². The highest BCUT2D eigenvalue weighted by Gasteiger charge is 2.48. The van der Waals surface area contributed by atoms with Crippen LogP contribution in [0.1, 0.15) is 38.2 Å². The van der Waals surface area contributed by atoms with E-state index in [-0.39, 0.29) is 29.0 Å². The van der Waals surface area contributed by atoms with E-state index >= 15 is 0 Å². The summed E-state index contributed by atoms with van der Waals surface area (Å²) in [6, 6.07) is 4.24. The molecule has 1 aromatic carbocycles. The summed E-state index contributed by atoms with van der Waals surface area (Å²) in [6.45, 7) is 1.14. The number of aromatic nitrogens is 1. The van der Waals surface area contributed by atoms with E-state index in [1.165, 1.54) is 0 Å². The lowest BCUT2D eigenvalue weighted by Gasteiger charge is -2.41. The molecule has 1 aromatic heterocycles. The van der Waals surface area contributed by atoms with E-state index in [0.29, 0.717) is 4.90 Å². The summed E-state index contributed by atoms with van der Waals surface area (Å²) < 4.78 is 93.8. The Morgan fingerprint density at radius 3 is 2.27 bits per heavy atom. The third-order valence-electron chi connectivity index (χ3n) is 5.94. The van der Waals surface area contributed by atoms with Crippen LogP contribution in [0.3, 0.4) is 0 Å². The first-order chi connectivity index (χ1) is 17.1. The van der Waals surface area contributed by atoms with Crippen molar-refractivity contribution in [2.45, 2.75) is 66.1 Å².